The maximum atomic E-state index is 12.6. The fourth-order valence-corrected chi connectivity index (χ4v) is 3.81. The summed E-state index contributed by atoms with van der Waals surface area (Å²) in [7, 11) is -2.10. The minimum atomic E-state index is -3.64. The zero-order valence-corrected chi connectivity index (χ0v) is 16.2. The van der Waals surface area contributed by atoms with Crippen molar-refractivity contribution in [3.05, 3.63) is 54.1 Å². The first-order chi connectivity index (χ1) is 12.3. The van der Waals surface area contributed by atoms with E-state index in [1.54, 1.807) is 43.3 Å². The molecule has 2 aromatic carbocycles. The quantitative estimate of drug-likeness (QED) is 0.806. The van der Waals surface area contributed by atoms with Crippen molar-refractivity contribution in [2.75, 3.05) is 23.0 Å². The van der Waals surface area contributed by atoms with Gasteiger partial charge < -0.3 is 10.1 Å². The van der Waals surface area contributed by atoms with Crippen molar-refractivity contribution in [1.82, 2.24) is 0 Å². The van der Waals surface area contributed by atoms with E-state index in [1.807, 2.05) is 19.1 Å². The predicted octanol–water partition coefficient (Wildman–Crippen LogP) is 3.05. The second-order valence-electron chi connectivity index (χ2n) is 5.98. The Bertz CT molecular complexity index is 863. The van der Waals surface area contributed by atoms with E-state index in [2.05, 4.69) is 5.32 Å². The van der Waals surface area contributed by atoms with Crippen LogP contribution in [0.1, 0.15) is 19.4 Å². The number of rotatable bonds is 7. The molecule has 0 spiro atoms. The van der Waals surface area contributed by atoms with Crippen LogP contribution in [0.15, 0.2) is 48.5 Å². The Morgan fingerprint density at radius 1 is 1.19 bits per heavy atom. The molecule has 0 aromatic heterocycles. The molecule has 140 valence electrons. The standard InChI is InChI=1S/C19H24N2O4S/c1-5-15-9-11-17(12-10-15)21(26(4,23)24)14(2)19(22)20-16-7-6-8-18(13-16)25-3/h6-14H,5H2,1-4H3,(H,20,22). The van der Waals surface area contributed by atoms with Gasteiger partial charge in [0.25, 0.3) is 0 Å². The molecule has 0 saturated carbocycles. The van der Waals surface area contributed by atoms with Gasteiger partial charge in [0.15, 0.2) is 0 Å². The number of amides is 1. The number of hydrogen-bond acceptors (Lipinski definition) is 4. The van der Waals surface area contributed by atoms with Gasteiger partial charge in [-0.2, -0.15) is 0 Å². The molecule has 1 atom stereocenters. The molecule has 0 bridgehead atoms. The second kappa shape index (κ2) is 8.23. The van der Waals surface area contributed by atoms with Crippen LogP contribution in [0.3, 0.4) is 0 Å². The Morgan fingerprint density at radius 3 is 2.38 bits per heavy atom. The van der Waals surface area contributed by atoms with Crippen molar-refractivity contribution in [1.29, 1.82) is 0 Å². The first-order valence-corrected chi connectivity index (χ1v) is 10.1. The van der Waals surface area contributed by atoms with E-state index in [0.717, 1.165) is 22.5 Å². The van der Waals surface area contributed by atoms with Gasteiger partial charge in [0.2, 0.25) is 15.9 Å². The van der Waals surface area contributed by atoms with Crippen LogP contribution in [0.5, 0.6) is 5.75 Å². The summed E-state index contributed by atoms with van der Waals surface area (Å²) < 4.78 is 30.9. The lowest BCUT2D eigenvalue weighted by molar-refractivity contribution is -0.116. The van der Waals surface area contributed by atoms with Gasteiger partial charge in [-0.3, -0.25) is 9.10 Å². The first kappa shape index (κ1) is 19.8. The van der Waals surface area contributed by atoms with Crippen molar-refractivity contribution in [3.63, 3.8) is 0 Å². The molecule has 1 unspecified atom stereocenters. The highest BCUT2D eigenvalue weighted by Crippen LogP contribution is 2.23. The molecule has 2 aromatic rings. The topological polar surface area (TPSA) is 75.7 Å². The van der Waals surface area contributed by atoms with E-state index in [1.165, 1.54) is 7.11 Å². The zero-order chi connectivity index (χ0) is 19.3. The molecule has 6 nitrogen and oxygen atoms in total. The number of aryl methyl sites for hydroxylation is 1. The third kappa shape index (κ3) is 4.76. The van der Waals surface area contributed by atoms with Crippen molar-refractivity contribution in [2.24, 2.45) is 0 Å². The van der Waals surface area contributed by atoms with Gasteiger partial charge in [0.05, 0.1) is 19.1 Å². The minimum Gasteiger partial charge on any atom is -0.497 e. The monoisotopic (exact) mass is 376 g/mol. The van der Waals surface area contributed by atoms with Crippen LogP contribution in [0.2, 0.25) is 0 Å². The van der Waals surface area contributed by atoms with Gasteiger partial charge in [-0.05, 0) is 43.2 Å². The molecule has 7 heteroatoms. The van der Waals surface area contributed by atoms with Crippen molar-refractivity contribution in [3.8, 4) is 5.75 Å². The Hall–Kier alpha value is -2.54. The highest BCUT2D eigenvalue weighted by Gasteiger charge is 2.29. The Kier molecular flexibility index (Phi) is 6.26. The first-order valence-electron chi connectivity index (χ1n) is 8.29. The SMILES string of the molecule is CCc1ccc(N(C(C)C(=O)Nc2cccc(OC)c2)S(C)(=O)=O)cc1. The van der Waals surface area contributed by atoms with E-state index < -0.39 is 22.0 Å². The van der Waals surface area contributed by atoms with Crippen LogP contribution < -0.4 is 14.4 Å². The molecule has 0 aliphatic carbocycles. The number of ether oxygens (including phenoxy) is 1. The molecule has 0 aliphatic heterocycles. The zero-order valence-electron chi connectivity index (χ0n) is 15.4. The fourth-order valence-electron chi connectivity index (χ4n) is 2.63. The summed E-state index contributed by atoms with van der Waals surface area (Å²) in [5.74, 6) is 0.175. The van der Waals surface area contributed by atoms with Crippen LogP contribution in [0.25, 0.3) is 0 Å². The Balaban J connectivity index is 2.27. The van der Waals surface area contributed by atoms with Gasteiger partial charge in [0.1, 0.15) is 11.8 Å². The number of hydrogen-bond donors (Lipinski definition) is 1. The molecule has 0 fully saturated rings. The van der Waals surface area contributed by atoms with Gasteiger partial charge in [-0.15, -0.1) is 0 Å². The molecule has 1 N–H and O–H groups in total. The number of carbonyl (C=O) groups excluding carboxylic acids is 1. The number of sulfonamides is 1. The smallest absolute Gasteiger partial charge is 0.247 e. The number of anilines is 2. The lowest BCUT2D eigenvalue weighted by Crippen LogP contribution is -2.45. The molecule has 1 amide bonds. The third-order valence-corrected chi connectivity index (χ3v) is 5.27. The molecule has 0 saturated heterocycles. The third-order valence-electron chi connectivity index (χ3n) is 4.02. The maximum Gasteiger partial charge on any atom is 0.247 e. The number of methoxy groups -OCH3 is 1. The maximum absolute atomic E-state index is 12.6. The minimum absolute atomic E-state index is 0.428. The summed E-state index contributed by atoms with van der Waals surface area (Å²) >= 11 is 0. The summed E-state index contributed by atoms with van der Waals surface area (Å²) in [6.07, 6.45) is 1.95. The van der Waals surface area contributed by atoms with Gasteiger partial charge in [-0.1, -0.05) is 25.1 Å². The van der Waals surface area contributed by atoms with Gasteiger partial charge in [0, 0.05) is 11.8 Å². The highest BCUT2D eigenvalue weighted by molar-refractivity contribution is 7.92. The lowest BCUT2D eigenvalue weighted by Gasteiger charge is -2.28. The molecule has 2 rings (SSSR count). The number of carbonyl (C=O) groups is 1. The summed E-state index contributed by atoms with van der Waals surface area (Å²) in [5, 5.41) is 2.74. The number of benzene rings is 2. The second-order valence-corrected chi connectivity index (χ2v) is 7.84. The Morgan fingerprint density at radius 2 is 1.85 bits per heavy atom. The average Bonchev–Trinajstić information content (AvgIpc) is 2.61. The van der Waals surface area contributed by atoms with E-state index in [0.29, 0.717) is 17.1 Å². The molecule has 0 heterocycles. The van der Waals surface area contributed by atoms with Crippen LogP contribution in [-0.4, -0.2) is 33.7 Å². The number of nitrogens with zero attached hydrogens (tertiary/aromatic N) is 1. The highest BCUT2D eigenvalue weighted by atomic mass is 32.2. The van der Waals surface area contributed by atoms with Crippen LogP contribution >= 0.6 is 0 Å². The Labute approximate surface area is 154 Å². The van der Waals surface area contributed by atoms with E-state index in [9.17, 15) is 13.2 Å². The predicted molar refractivity (Wildman–Crippen MR) is 104 cm³/mol. The normalized spacial score (nSPS) is 12.3. The van der Waals surface area contributed by atoms with Crippen molar-refractivity contribution in [2.45, 2.75) is 26.3 Å². The molecule has 0 radical (unpaired) electrons. The molecular formula is C19H24N2O4S. The molecule has 26 heavy (non-hydrogen) atoms. The van der Waals surface area contributed by atoms with Crippen LogP contribution in [0.4, 0.5) is 11.4 Å². The van der Waals surface area contributed by atoms with Gasteiger partial charge >= 0.3 is 0 Å². The molecule has 0 aliphatic rings. The van der Waals surface area contributed by atoms with E-state index in [4.69, 9.17) is 4.74 Å². The average molecular weight is 376 g/mol. The van der Waals surface area contributed by atoms with E-state index >= 15 is 0 Å². The largest absolute Gasteiger partial charge is 0.497 e. The van der Waals surface area contributed by atoms with Gasteiger partial charge in [-0.25, -0.2) is 8.42 Å². The van der Waals surface area contributed by atoms with Crippen molar-refractivity contribution >= 4 is 27.3 Å². The van der Waals surface area contributed by atoms with Crippen LogP contribution in [0, 0.1) is 0 Å². The summed E-state index contributed by atoms with van der Waals surface area (Å²) in [6, 6.07) is 13.1. The summed E-state index contributed by atoms with van der Waals surface area (Å²) in [6.45, 7) is 3.58. The lowest BCUT2D eigenvalue weighted by atomic mass is 10.1. The summed E-state index contributed by atoms with van der Waals surface area (Å²) in [5.41, 5.74) is 2.09. The molecular weight excluding hydrogens is 352 g/mol. The fraction of sp³-hybridized carbons (Fsp3) is 0.316. The number of nitrogens with one attached hydrogen (secondary N) is 1. The van der Waals surface area contributed by atoms with Crippen molar-refractivity contribution < 1.29 is 17.9 Å². The summed E-state index contributed by atoms with van der Waals surface area (Å²) in [4.78, 5) is 12.6. The van der Waals surface area contributed by atoms with Crippen LogP contribution in [-0.2, 0) is 21.2 Å². The van der Waals surface area contributed by atoms with E-state index in [-0.39, 0.29) is 0 Å².